The summed E-state index contributed by atoms with van der Waals surface area (Å²) >= 11 is 0. The van der Waals surface area contributed by atoms with Gasteiger partial charge in [-0.05, 0) is 0 Å². The quantitative estimate of drug-likeness (QED) is 0.850. The first-order chi connectivity index (χ1) is 9.82. The fraction of sp³-hybridized carbons (Fsp3) is 0.545. The number of alkyl halides is 3. The second kappa shape index (κ2) is 5.82. The standard InChI is InChI=1S/C11H14F3N5O2/c1-19(3-6(20)4-21-2)9-7-8(16-5-15-7)17-10(18-9)11(12,13)14/h5-6,20H,3-4H2,1-2H3,(H,15,16,17,18). The van der Waals surface area contributed by atoms with Crippen molar-refractivity contribution >= 4 is 17.0 Å². The third kappa shape index (κ3) is 3.39. The highest BCUT2D eigenvalue weighted by atomic mass is 19.4. The predicted molar refractivity (Wildman–Crippen MR) is 67.8 cm³/mol. The average molecular weight is 305 g/mol. The van der Waals surface area contributed by atoms with Gasteiger partial charge in [-0.3, -0.25) is 0 Å². The summed E-state index contributed by atoms with van der Waals surface area (Å²) in [6.07, 6.45) is -4.29. The average Bonchev–Trinajstić information content (AvgIpc) is 2.84. The molecule has 0 aromatic carbocycles. The molecule has 0 aliphatic heterocycles. The molecule has 0 amide bonds. The zero-order chi connectivity index (χ0) is 15.6. The van der Waals surface area contributed by atoms with E-state index in [4.69, 9.17) is 4.74 Å². The van der Waals surface area contributed by atoms with E-state index in [1.54, 1.807) is 0 Å². The number of aromatic nitrogens is 4. The number of aromatic amines is 1. The topological polar surface area (TPSA) is 87.2 Å². The van der Waals surface area contributed by atoms with E-state index in [2.05, 4.69) is 19.9 Å². The van der Waals surface area contributed by atoms with Gasteiger partial charge in [0.25, 0.3) is 0 Å². The molecule has 1 atom stereocenters. The summed E-state index contributed by atoms with van der Waals surface area (Å²) in [6.45, 7) is 0.115. The molecule has 2 aromatic rings. The lowest BCUT2D eigenvalue weighted by Crippen LogP contribution is -2.33. The highest BCUT2D eigenvalue weighted by Crippen LogP contribution is 2.30. The Morgan fingerprint density at radius 1 is 1.43 bits per heavy atom. The normalized spacial score (nSPS) is 13.6. The van der Waals surface area contributed by atoms with Crippen molar-refractivity contribution in [2.75, 3.05) is 32.2 Å². The van der Waals surface area contributed by atoms with Crippen LogP contribution < -0.4 is 4.90 Å². The molecule has 0 radical (unpaired) electrons. The molecule has 10 heteroatoms. The van der Waals surface area contributed by atoms with Gasteiger partial charge in [-0.2, -0.15) is 13.2 Å². The monoisotopic (exact) mass is 305 g/mol. The summed E-state index contributed by atoms with van der Waals surface area (Å²) in [5.74, 6) is -1.26. The number of methoxy groups -OCH3 is 1. The zero-order valence-electron chi connectivity index (χ0n) is 11.3. The van der Waals surface area contributed by atoms with Crippen molar-refractivity contribution in [3.8, 4) is 0 Å². The maximum absolute atomic E-state index is 12.8. The summed E-state index contributed by atoms with van der Waals surface area (Å²) in [5.41, 5.74) is 0.190. The fourth-order valence-corrected chi connectivity index (χ4v) is 1.87. The van der Waals surface area contributed by atoms with Gasteiger partial charge in [0.1, 0.15) is 5.52 Å². The number of hydrogen-bond acceptors (Lipinski definition) is 6. The third-order valence-corrected chi connectivity index (χ3v) is 2.73. The summed E-state index contributed by atoms with van der Waals surface area (Å²) < 4.78 is 43.2. The molecule has 116 valence electrons. The number of hydrogen-bond donors (Lipinski definition) is 2. The largest absolute Gasteiger partial charge is 0.451 e. The van der Waals surface area contributed by atoms with Crippen LogP contribution in [0.5, 0.6) is 0 Å². The van der Waals surface area contributed by atoms with Crippen LogP contribution in [-0.4, -0.2) is 58.5 Å². The van der Waals surface area contributed by atoms with Crippen LogP contribution in [0, 0.1) is 0 Å². The van der Waals surface area contributed by atoms with Crippen LogP contribution in [0.15, 0.2) is 6.33 Å². The van der Waals surface area contributed by atoms with Gasteiger partial charge in [-0.1, -0.05) is 0 Å². The highest BCUT2D eigenvalue weighted by Gasteiger charge is 2.36. The van der Waals surface area contributed by atoms with E-state index in [9.17, 15) is 18.3 Å². The van der Waals surface area contributed by atoms with Crippen LogP contribution in [0.25, 0.3) is 11.2 Å². The lowest BCUT2D eigenvalue weighted by molar-refractivity contribution is -0.144. The Morgan fingerprint density at radius 2 is 2.14 bits per heavy atom. The molecule has 2 heterocycles. The van der Waals surface area contributed by atoms with E-state index < -0.39 is 18.1 Å². The van der Waals surface area contributed by atoms with Gasteiger partial charge in [-0.25, -0.2) is 15.0 Å². The van der Waals surface area contributed by atoms with E-state index in [0.29, 0.717) is 0 Å². The van der Waals surface area contributed by atoms with Crippen LogP contribution in [0.4, 0.5) is 19.0 Å². The molecule has 2 aromatic heterocycles. The molecule has 0 aliphatic carbocycles. The number of nitrogens with zero attached hydrogens (tertiary/aromatic N) is 4. The first-order valence-corrected chi connectivity index (χ1v) is 5.99. The van der Waals surface area contributed by atoms with E-state index >= 15 is 0 Å². The van der Waals surface area contributed by atoms with Gasteiger partial charge in [0, 0.05) is 20.7 Å². The van der Waals surface area contributed by atoms with E-state index in [1.807, 2.05) is 0 Å². The van der Waals surface area contributed by atoms with Gasteiger partial charge in [0.2, 0.25) is 5.82 Å². The lowest BCUT2D eigenvalue weighted by Gasteiger charge is -2.22. The molecule has 0 fully saturated rings. The third-order valence-electron chi connectivity index (χ3n) is 2.73. The number of imidazole rings is 1. The first-order valence-electron chi connectivity index (χ1n) is 5.99. The van der Waals surface area contributed by atoms with Crippen LogP contribution in [-0.2, 0) is 10.9 Å². The smallest absolute Gasteiger partial charge is 0.389 e. The maximum atomic E-state index is 12.8. The molecule has 2 rings (SSSR count). The number of anilines is 1. The summed E-state index contributed by atoms with van der Waals surface area (Å²) in [4.78, 5) is 14.7. The Morgan fingerprint density at radius 3 is 2.76 bits per heavy atom. The summed E-state index contributed by atoms with van der Waals surface area (Å²) in [6, 6.07) is 0. The number of aliphatic hydroxyl groups excluding tert-OH is 1. The van der Waals surface area contributed by atoms with Crippen LogP contribution in [0.3, 0.4) is 0 Å². The van der Waals surface area contributed by atoms with Crippen molar-refractivity contribution in [2.45, 2.75) is 12.3 Å². The Bertz CT molecular complexity index is 615. The van der Waals surface area contributed by atoms with E-state index in [1.165, 1.54) is 25.4 Å². The Labute approximate surface area is 117 Å². The molecular formula is C11H14F3N5O2. The number of aliphatic hydroxyl groups is 1. The molecule has 1 unspecified atom stereocenters. The molecule has 0 saturated carbocycles. The van der Waals surface area contributed by atoms with Gasteiger partial charge in [-0.15, -0.1) is 0 Å². The van der Waals surface area contributed by atoms with Crippen molar-refractivity contribution in [3.63, 3.8) is 0 Å². The minimum absolute atomic E-state index is 0.0139. The Hall–Kier alpha value is -1.94. The summed E-state index contributed by atoms with van der Waals surface area (Å²) in [7, 11) is 2.93. The molecule has 2 N–H and O–H groups in total. The second-order valence-electron chi connectivity index (χ2n) is 4.46. The molecule has 0 saturated heterocycles. The minimum atomic E-state index is -4.67. The van der Waals surface area contributed by atoms with Crippen molar-refractivity contribution in [2.24, 2.45) is 0 Å². The molecular weight excluding hydrogens is 291 g/mol. The van der Waals surface area contributed by atoms with Crippen molar-refractivity contribution < 1.29 is 23.0 Å². The SMILES string of the molecule is COCC(O)CN(C)c1nc(C(F)(F)F)nc2nc[nH]c12. The lowest BCUT2D eigenvalue weighted by atomic mass is 10.3. The van der Waals surface area contributed by atoms with Crippen LogP contribution >= 0.6 is 0 Å². The molecule has 0 bridgehead atoms. The molecule has 21 heavy (non-hydrogen) atoms. The second-order valence-corrected chi connectivity index (χ2v) is 4.46. The minimum Gasteiger partial charge on any atom is -0.389 e. The van der Waals surface area contributed by atoms with Crippen LogP contribution in [0.1, 0.15) is 5.82 Å². The number of halogens is 3. The first kappa shape index (κ1) is 15.4. The summed E-state index contributed by atoms with van der Waals surface area (Å²) in [5, 5.41) is 9.67. The van der Waals surface area contributed by atoms with E-state index in [0.717, 1.165) is 0 Å². The predicted octanol–water partition coefficient (Wildman–Crippen LogP) is 0.815. The number of ether oxygens (including phenoxy) is 1. The van der Waals surface area contributed by atoms with Crippen molar-refractivity contribution in [1.82, 2.24) is 19.9 Å². The van der Waals surface area contributed by atoms with E-state index in [-0.39, 0.29) is 30.1 Å². The zero-order valence-corrected chi connectivity index (χ0v) is 11.3. The van der Waals surface area contributed by atoms with Gasteiger partial charge < -0.3 is 19.7 Å². The molecule has 7 nitrogen and oxygen atoms in total. The van der Waals surface area contributed by atoms with Gasteiger partial charge >= 0.3 is 6.18 Å². The molecule has 0 spiro atoms. The van der Waals surface area contributed by atoms with Crippen molar-refractivity contribution in [3.05, 3.63) is 12.2 Å². The van der Waals surface area contributed by atoms with Crippen LogP contribution in [0.2, 0.25) is 0 Å². The van der Waals surface area contributed by atoms with Crippen molar-refractivity contribution in [1.29, 1.82) is 0 Å². The number of rotatable bonds is 5. The fourth-order valence-electron chi connectivity index (χ4n) is 1.87. The highest BCUT2D eigenvalue weighted by molar-refractivity contribution is 5.83. The Balaban J connectivity index is 2.39. The molecule has 0 aliphatic rings. The number of likely N-dealkylation sites (N-methyl/N-ethyl adjacent to an activating group) is 1. The number of nitrogens with one attached hydrogen (secondary N) is 1. The number of fused-ring (bicyclic) bond motifs is 1. The van der Waals surface area contributed by atoms with Gasteiger partial charge in [0.15, 0.2) is 11.5 Å². The number of H-pyrrole nitrogens is 1. The van der Waals surface area contributed by atoms with Gasteiger partial charge in [0.05, 0.1) is 19.0 Å². The maximum Gasteiger partial charge on any atom is 0.451 e. The Kier molecular flexibility index (Phi) is 4.28.